The van der Waals surface area contributed by atoms with Gasteiger partial charge in [0, 0.05) is 63.7 Å². The van der Waals surface area contributed by atoms with Crippen LogP contribution in [-0.2, 0) is 31.1 Å². The van der Waals surface area contributed by atoms with Gasteiger partial charge >= 0.3 is 0 Å². The maximum absolute atomic E-state index is 14.8. The summed E-state index contributed by atoms with van der Waals surface area (Å²) in [5.41, 5.74) is 9.12. The van der Waals surface area contributed by atoms with Crippen molar-refractivity contribution in [3.63, 3.8) is 0 Å². The number of fused-ring (bicyclic) bond motifs is 2. The molecule has 0 aliphatic carbocycles. The number of aromatic nitrogens is 8. The van der Waals surface area contributed by atoms with Crippen molar-refractivity contribution in [1.29, 1.82) is 0 Å². The van der Waals surface area contributed by atoms with Crippen LogP contribution in [0.3, 0.4) is 0 Å². The average molecular weight is 884 g/mol. The third kappa shape index (κ3) is 8.52. The molecule has 3 amide bonds. The molecule has 14 nitrogen and oxygen atoms in total. The zero-order chi connectivity index (χ0) is 45.5. The maximum Gasteiger partial charge on any atom is 0.256 e. The summed E-state index contributed by atoms with van der Waals surface area (Å²) in [5, 5.41) is 18.4. The van der Waals surface area contributed by atoms with E-state index >= 15 is 0 Å². The minimum absolute atomic E-state index is 0.00645. The quantitative estimate of drug-likeness (QED) is 0.136. The van der Waals surface area contributed by atoms with Crippen LogP contribution >= 0.6 is 0 Å². The first kappa shape index (κ1) is 43.0. The fourth-order valence-corrected chi connectivity index (χ4v) is 10.4. The molecule has 4 unspecified atom stereocenters. The van der Waals surface area contributed by atoms with Crippen molar-refractivity contribution < 1.29 is 14.4 Å². The molecular weight excluding hydrogens is 827 g/mol. The van der Waals surface area contributed by atoms with Gasteiger partial charge in [0.05, 0.1) is 57.8 Å². The summed E-state index contributed by atoms with van der Waals surface area (Å²) in [6.07, 6.45) is 12.1. The molecule has 0 saturated carbocycles. The van der Waals surface area contributed by atoms with Crippen molar-refractivity contribution in [2.75, 3.05) is 24.5 Å². The van der Waals surface area contributed by atoms with Crippen LogP contribution < -0.4 is 4.90 Å². The Morgan fingerprint density at radius 1 is 0.712 bits per heavy atom. The zero-order valence-corrected chi connectivity index (χ0v) is 38.3. The van der Waals surface area contributed by atoms with Crippen LogP contribution in [0, 0.1) is 18.8 Å². The van der Waals surface area contributed by atoms with Gasteiger partial charge < -0.3 is 19.3 Å². The summed E-state index contributed by atoms with van der Waals surface area (Å²) in [7, 11) is 2.07. The summed E-state index contributed by atoms with van der Waals surface area (Å²) >= 11 is 0. The second-order valence-electron chi connectivity index (χ2n) is 18.8. The van der Waals surface area contributed by atoms with Crippen LogP contribution in [0.4, 0.5) is 5.69 Å². The van der Waals surface area contributed by atoms with Crippen molar-refractivity contribution >= 4 is 34.4 Å². The van der Waals surface area contributed by atoms with Gasteiger partial charge in [0.15, 0.2) is 0 Å². The van der Waals surface area contributed by atoms with E-state index in [1.165, 1.54) is 10.4 Å². The van der Waals surface area contributed by atoms with Crippen LogP contribution in [0.1, 0.15) is 101 Å². The van der Waals surface area contributed by atoms with Gasteiger partial charge in [-0.25, -0.2) is 4.98 Å². The number of amides is 3. The van der Waals surface area contributed by atoms with Crippen LogP contribution in [0.25, 0.3) is 22.4 Å². The number of benzene rings is 4. The van der Waals surface area contributed by atoms with Crippen LogP contribution in [0.5, 0.6) is 0 Å². The highest BCUT2D eigenvalue weighted by Crippen LogP contribution is 2.33. The number of piperidine rings is 2. The third-order valence-corrected chi connectivity index (χ3v) is 14.2. The Bertz CT molecular complexity index is 2920. The van der Waals surface area contributed by atoms with Crippen molar-refractivity contribution in [2.45, 2.75) is 90.6 Å². The van der Waals surface area contributed by atoms with E-state index in [-0.39, 0.29) is 41.6 Å². The van der Waals surface area contributed by atoms with E-state index < -0.39 is 0 Å². The lowest BCUT2D eigenvalue weighted by Gasteiger charge is -2.39. The lowest BCUT2D eigenvalue weighted by molar-refractivity contribution is -0.120. The first-order valence-corrected chi connectivity index (χ1v) is 23.5. The van der Waals surface area contributed by atoms with Crippen molar-refractivity contribution in [3.8, 4) is 11.4 Å². The Morgan fingerprint density at radius 2 is 1.39 bits per heavy atom. The summed E-state index contributed by atoms with van der Waals surface area (Å²) in [4.78, 5) is 57.0. The van der Waals surface area contributed by atoms with E-state index in [0.29, 0.717) is 54.1 Å². The number of carbonyl (C=O) groups is 3. The summed E-state index contributed by atoms with van der Waals surface area (Å²) < 4.78 is 2.17. The third-order valence-electron chi connectivity index (χ3n) is 14.2. The van der Waals surface area contributed by atoms with Gasteiger partial charge in [0.25, 0.3) is 11.8 Å². The van der Waals surface area contributed by atoms with Gasteiger partial charge in [-0.2, -0.15) is 30.0 Å². The van der Waals surface area contributed by atoms with E-state index in [9.17, 15) is 14.4 Å². The topological polar surface area (TPSA) is 140 Å². The molecule has 3 aliphatic rings. The van der Waals surface area contributed by atoms with Gasteiger partial charge in [-0.1, -0.05) is 48.0 Å². The zero-order valence-electron chi connectivity index (χ0n) is 38.3. The highest BCUT2D eigenvalue weighted by Gasteiger charge is 2.35. The average Bonchev–Trinajstić information content (AvgIpc) is 4.11. The number of likely N-dealkylation sites (tertiary alicyclic amines) is 2. The lowest BCUT2D eigenvalue weighted by atomic mass is 9.89. The highest BCUT2D eigenvalue weighted by atomic mass is 16.2. The van der Waals surface area contributed by atoms with E-state index in [2.05, 4.69) is 47.8 Å². The second-order valence-corrected chi connectivity index (χ2v) is 18.8. The molecule has 7 aromatic rings. The second kappa shape index (κ2) is 18.1. The van der Waals surface area contributed by atoms with Crippen molar-refractivity contribution in [3.05, 3.63) is 143 Å². The normalized spacial score (nSPS) is 19.8. The number of rotatable bonds is 10. The Morgan fingerprint density at radius 3 is 2.18 bits per heavy atom. The minimum Gasteiger partial charge on any atom is -0.336 e. The number of para-hydroxylation sites is 3. The molecule has 3 aromatic heterocycles. The summed E-state index contributed by atoms with van der Waals surface area (Å²) in [6.45, 7) is 8.07. The Kier molecular flexibility index (Phi) is 11.8. The Labute approximate surface area is 385 Å². The monoisotopic (exact) mass is 883 g/mol. The fraction of sp³-hybridized carbons (Fsp3) is 0.385. The Balaban J connectivity index is 0.865. The van der Waals surface area contributed by atoms with Gasteiger partial charge in [-0.15, -0.1) is 0 Å². The van der Waals surface area contributed by atoms with Gasteiger partial charge in [0.2, 0.25) is 5.91 Å². The Hall–Kier alpha value is -6.96. The van der Waals surface area contributed by atoms with Gasteiger partial charge in [-0.3, -0.25) is 14.4 Å². The number of hydrogen-bond donors (Lipinski definition) is 0. The van der Waals surface area contributed by atoms with E-state index in [4.69, 9.17) is 15.2 Å². The fourth-order valence-electron chi connectivity index (χ4n) is 10.4. The molecule has 0 N–H and O–H groups in total. The number of anilines is 1. The van der Waals surface area contributed by atoms with Crippen molar-refractivity contribution in [1.82, 2.24) is 49.3 Å². The van der Waals surface area contributed by atoms with E-state index in [1.807, 2.05) is 94.4 Å². The molecule has 4 aromatic carbocycles. The van der Waals surface area contributed by atoms with Crippen LogP contribution in [-0.4, -0.2) is 98.8 Å². The number of carbonyl (C=O) groups excluding carboxylic acids is 3. The molecule has 4 atom stereocenters. The molecule has 0 radical (unpaired) electrons. The van der Waals surface area contributed by atoms with E-state index in [1.54, 1.807) is 23.4 Å². The molecule has 6 heterocycles. The first-order chi connectivity index (χ1) is 32.1. The van der Waals surface area contributed by atoms with E-state index in [0.717, 1.165) is 85.2 Å². The molecule has 2 saturated heterocycles. The predicted molar refractivity (Wildman–Crippen MR) is 253 cm³/mol. The lowest BCUT2D eigenvalue weighted by Crippen LogP contribution is -2.47. The largest absolute Gasteiger partial charge is 0.336 e. The first-order valence-electron chi connectivity index (χ1n) is 23.5. The molecular formula is C52H57N11O3. The molecule has 14 heteroatoms. The highest BCUT2D eigenvalue weighted by molar-refractivity contribution is 5.99. The van der Waals surface area contributed by atoms with Crippen molar-refractivity contribution in [2.24, 2.45) is 18.9 Å². The standard InChI is InChI=1S/C52H57N11O3/c1-34-15-21-47(42(26-34)51(65)60-32-38(18-16-35(60)2)29-49-56-44-12-6-8-14-48(44)58(49)4)63-55-31-41(57-63)27-37-20-22-46(62-53-23-24-54-62)43(28-37)52(66)61-33-39(19-17-36(61)3)30-50(64)59-25-9-11-40-10-5-7-13-45(40)59/h5-8,10,12-15,20-24,26,28,31,35-36,38-39H,9,11,16-19,25,27,29-30,32-33H2,1-4H3. The summed E-state index contributed by atoms with van der Waals surface area (Å²) in [5.74, 6) is 1.33. The smallest absolute Gasteiger partial charge is 0.256 e. The molecule has 0 spiro atoms. The molecule has 338 valence electrons. The van der Waals surface area contributed by atoms with Crippen LogP contribution in [0.2, 0.25) is 0 Å². The van der Waals surface area contributed by atoms with Gasteiger partial charge in [-0.05, 0) is 125 Å². The summed E-state index contributed by atoms with van der Waals surface area (Å²) in [6, 6.07) is 28.1. The molecule has 2 fully saturated rings. The SMILES string of the molecule is Cc1ccc(-n2ncc(Cc3ccc(-n4nccn4)c(C(=O)N4CC(CC(=O)N5CCCc6ccccc65)CCC4C)c3)n2)c(C(=O)N2CC(Cc3nc4ccccc4n3C)CCC2C)c1. The molecule has 3 aliphatic heterocycles. The molecule has 66 heavy (non-hydrogen) atoms. The van der Waals surface area contributed by atoms with Gasteiger partial charge in [0.1, 0.15) is 5.82 Å². The number of imidazole rings is 1. The molecule has 0 bridgehead atoms. The number of hydrogen-bond acceptors (Lipinski definition) is 8. The predicted octanol–water partition coefficient (Wildman–Crippen LogP) is 7.73. The number of aryl methyl sites for hydroxylation is 3. The minimum atomic E-state index is -0.119. The molecule has 10 rings (SSSR count). The maximum atomic E-state index is 14.8. The number of nitrogens with zero attached hydrogens (tertiary/aromatic N) is 11. The van der Waals surface area contributed by atoms with Crippen LogP contribution in [0.15, 0.2) is 104 Å².